The van der Waals surface area contributed by atoms with Crippen LogP contribution in [0.5, 0.6) is 0 Å². The van der Waals surface area contributed by atoms with Crippen LogP contribution in [0, 0.1) is 0 Å². The second-order valence-corrected chi connectivity index (χ2v) is 12.1. The maximum Gasteiger partial charge on any atom is 0.412 e. The van der Waals surface area contributed by atoms with Crippen molar-refractivity contribution in [3.05, 3.63) is 71.1 Å². The molecule has 1 atom stereocenters. The molecule has 1 unspecified atom stereocenters. The number of likely N-dealkylation sites (N-methyl/N-ethyl adjacent to an activating group) is 1. The molecule has 0 spiro atoms. The minimum Gasteiger partial charge on any atom is -0.444 e. The van der Waals surface area contributed by atoms with Crippen LogP contribution in [0.4, 0.5) is 21.0 Å². The molecule has 4 amide bonds. The number of nitrogens with one attached hydrogen (secondary N) is 4. The minimum atomic E-state index is -1.03. The van der Waals surface area contributed by atoms with E-state index in [0.717, 1.165) is 10.4 Å². The number of rotatable bonds is 7. The van der Waals surface area contributed by atoms with Gasteiger partial charge in [0.25, 0.3) is 5.91 Å². The van der Waals surface area contributed by atoms with Gasteiger partial charge in [0.1, 0.15) is 17.2 Å². The summed E-state index contributed by atoms with van der Waals surface area (Å²) < 4.78 is 10.7. The van der Waals surface area contributed by atoms with Crippen molar-refractivity contribution >= 4 is 46.7 Å². The molecule has 3 aromatic rings. The van der Waals surface area contributed by atoms with Gasteiger partial charge < -0.3 is 25.4 Å². The first-order chi connectivity index (χ1) is 19.1. The Bertz CT molecular complexity index is 1390. The largest absolute Gasteiger partial charge is 0.444 e. The summed E-state index contributed by atoms with van der Waals surface area (Å²) in [6, 6.07) is 14.4. The number of carbonyl (C=O) groups is 4. The summed E-state index contributed by atoms with van der Waals surface area (Å²) in [7, 11) is 1.46. The molecular formula is C30H36N4O6S. The first-order valence-corrected chi connectivity index (χ1v) is 13.8. The maximum atomic E-state index is 13.3. The van der Waals surface area contributed by atoms with Crippen LogP contribution in [0.2, 0.25) is 0 Å². The third kappa shape index (κ3) is 9.35. The number of benzene rings is 2. The van der Waals surface area contributed by atoms with E-state index in [4.69, 9.17) is 9.47 Å². The molecule has 0 bridgehead atoms. The number of ether oxygens (including phenoxy) is 2. The van der Waals surface area contributed by atoms with Gasteiger partial charge in [0.15, 0.2) is 0 Å². The standard InChI is InChI=1S/C30H36N4O6S/c1-29(2,3)39-27(37)33-21-15-14-20(23-9-8-16-41-23)17-22(21)32-25(35)19-12-10-18(11-13-19)24(26(36)31-7)34-28(38)40-30(4,5)6/h8-17,24H,1-7H3,(H,31,36)(H,32,35)(H,33,37)(H,34,38). The summed E-state index contributed by atoms with van der Waals surface area (Å²) in [5.41, 5.74) is 0.928. The van der Waals surface area contributed by atoms with Gasteiger partial charge >= 0.3 is 12.2 Å². The number of amides is 4. The first-order valence-electron chi connectivity index (χ1n) is 13.0. The summed E-state index contributed by atoms with van der Waals surface area (Å²) in [5, 5.41) is 12.6. The van der Waals surface area contributed by atoms with Crippen LogP contribution in [0.3, 0.4) is 0 Å². The molecular weight excluding hydrogens is 544 g/mol. The number of hydrogen-bond donors (Lipinski definition) is 4. The number of thiophene rings is 1. The number of anilines is 2. The van der Waals surface area contributed by atoms with Crippen molar-refractivity contribution in [3.8, 4) is 10.4 Å². The zero-order valence-electron chi connectivity index (χ0n) is 24.2. The van der Waals surface area contributed by atoms with Crippen LogP contribution in [0.25, 0.3) is 10.4 Å². The van der Waals surface area contributed by atoms with E-state index in [1.54, 1.807) is 89.3 Å². The van der Waals surface area contributed by atoms with Gasteiger partial charge in [-0.2, -0.15) is 0 Å². The number of carbonyl (C=O) groups excluding carboxylic acids is 4. The molecule has 0 aliphatic rings. The lowest BCUT2D eigenvalue weighted by Gasteiger charge is -2.23. The molecule has 1 aromatic heterocycles. The van der Waals surface area contributed by atoms with Crippen LogP contribution < -0.4 is 21.3 Å². The van der Waals surface area contributed by atoms with Gasteiger partial charge in [-0.15, -0.1) is 11.3 Å². The van der Waals surface area contributed by atoms with Gasteiger partial charge in [0.2, 0.25) is 5.91 Å². The quantitative estimate of drug-likeness (QED) is 0.258. The van der Waals surface area contributed by atoms with Crippen LogP contribution in [0.1, 0.15) is 63.5 Å². The topological polar surface area (TPSA) is 135 Å². The van der Waals surface area contributed by atoms with Gasteiger partial charge in [0, 0.05) is 17.5 Å². The van der Waals surface area contributed by atoms with Crippen molar-refractivity contribution in [1.29, 1.82) is 0 Å². The average molecular weight is 581 g/mol. The van der Waals surface area contributed by atoms with Gasteiger partial charge in [-0.3, -0.25) is 14.9 Å². The predicted octanol–water partition coefficient (Wildman–Crippen LogP) is 6.33. The third-order valence-corrected chi connectivity index (χ3v) is 6.30. The van der Waals surface area contributed by atoms with Gasteiger partial charge in [-0.1, -0.05) is 24.3 Å². The highest BCUT2D eigenvalue weighted by molar-refractivity contribution is 7.13. The molecule has 218 valence electrons. The summed E-state index contributed by atoms with van der Waals surface area (Å²) in [4.78, 5) is 51.6. The highest BCUT2D eigenvalue weighted by Gasteiger charge is 2.25. The minimum absolute atomic E-state index is 0.298. The number of alkyl carbamates (subject to hydrolysis) is 1. The van der Waals surface area contributed by atoms with Crippen LogP contribution >= 0.6 is 11.3 Å². The fourth-order valence-corrected chi connectivity index (χ4v) is 4.38. The van der Waals surface area contributed by atoms with Crippen molar-refractivity contribution in [2.75, 3.05) is 17.7 Å². The highest BCUT2D eigenvalue weighted by atomic mass is 32.1. The molecule has 0 aliphatic carbocycles. The maximum absolute atomic E-state index is 13.3. The smallest absolute Gasteiger partial charge is 0.412 e. The molecule has 1 heterocycles. The Morgan fingerprint density at radius 1 is 0.780 bits per heavy atom. The molecule has 0 radical (unpaired) electrons. The lowest BCUT2D eigenvalue weighted by atomic mass is 10.0. The molecule has 2 aromatic carbocycles. The van der Waals surface area contributed by atoms with E-state index in [-0.39, 0.29) is 0 Å². The second kappa shape index (κ2) is 12.9. The monoisotopic (exact) mass is 580 g/mol. The van der Waals surface area contributed by atoms with E-state index in [0.29, 0.717) is 22.5 Å². The van der Waals surface area contributed by atoms with Gasteiger partial charge in [-0.25, -0.2) is 9.59 Å². The van der Waals surface area contributed by atoms with Crippen molar-refractivity contribution in [2.45, 2.75) is 58.8 Å². The Hall–Kier alpha value is -4.38. The fourth-order valence-electron chi connectivity index (χ4n) is 3.66. The molecule has 0 fully saturated rings. The summed E-state index contributed by atoms with van der Waals surface area (Å²) >= 11 is 1.55. The zero-order valence-corrected chi connectivity index (χ0v) is 25.0. The van der Waals surface area contributed by atoms with Crippen LogP contribution in [-0.4, -0.2) is 42.3 Å². The normalized spacial score (nSPS) is 12.1. The van der Waals surface area contributed by atoms with E-state index in [2.05, 4.69) is 21.3 Å². The molecule has 41 heavy (non-hydrogen) atoms. The second-order valence-electron chi connectivity index (χ2n) is 11.1. The van der Waals surface area contributed by atoms with Gasteiger partial charge in [-0.05, 0) is 88.4 Å². The lowest BCUT2D eigenvalue weighted by molar-refractivity contribution is -0.122. The summed E-state index contributed by atoms with van der Waals surface area (Å²) in [6.45, 7) is 10.4. The van der Waals surface area contributed by atoms with E-state index in [9.17, 15) is 19.2 Å². The summed E-state index contributed by atoms with van der Waals surface area (Å²) in [6.07, 6.45) is -1.40. The molecule has 0 aliphatic heterocycles. The van der Waals surface area contributed by atoms with Crippen LogP contribution in [-0.2, 0) is 14.3 Å². The Morgan fingerprint density at radius 3 is 1.98 bits per heavy atom. The molecule has 3 rings (SSSR count). The van der Waals surface area contributed by atoms with E-state index in [1.807, 2.05) is 23.6 Å². The molecule has 11 heteroatoms. The van der Waals surface area contributed by atoms with Crippen molar-refractivity contribution in [1.82, 2.24) is 10.6 Å². The summed E-state index contributed by atoms with van der Waals surface area (Å²) in [5.74, 6) is -0.889. The average Bonchev–Trinajstić information content (AvgIpc) is 3.41. The van der Waals surface area contributed by atoms with Crippen LogP contribution in [0.15, 0.2) is 60.0 Å². The number of hydrogen-bond acceptors (Lipinski definition) is 7. The van der Waals surface area contributed by atoms with E-state index < -0.39 is 41.2 Å². The van der Waals surface area contributed by atoms with Crippen molar-refractivity contribution in [3.63, 3.8) is 0 Å². The van der Waals surface area contributed by atoms with Gasteiger partial charge in [0.05, 0.1) is 11.4 Å². The first kappa shape index (κ1) is 31.2. The Kier molecular flexibility index (Phi) is 9.77. The highest BCUT2D eigenvalue weighted by Crippen LogP contribution is 2.32. The molecule has 4 N–H and O–H groups in total. The Balaban J connectivity index is 1.84. The third-order valence-electron chi connectivity index (χ3n) is 5.38. The zero-order chi connectivity index (χ0) is 30.4. The molecule has 0 saturated heterocycles. The van der Waals surface area contributed by atoms with Crippen molar-refractivity contribution < 1.29 is 28.7 Å². The van der Waals surface area contributed by atoms with Crippen molar-refractivity contribution in [2.24, 2.45) is 0 Å². The Morgan fingerprint density at radius 2 is 1.41 bits per heavy atom. The lowest BCUT2D eigenvalue weighted by Crippen LogP contribution is -2.41. The van der Waals surface area contributed by atoms with E-state index in [1.165, 1.54) is 7.05 Å². The Labute approximate surface area is 243 Å². The molecule has 10 nitrogen and oxygen atoms in total. The SMILES string of the molecule is CNC(=O)C(NC(=O)OC(C)(C)C)c1ccc(C(=O)Nc2cc(-c3cccs3)ccc2NC(=O)OC(C)(C)C)cc1. The molecule has 0 saturated carbocycles. The predicted molar refractivity (Wildman–Crippen MR) is 160 cm³/mol. The van der Waals surface area contributed by atoms with E-state index >= 15 is 0 Å². The fraction of sp³-hybridized carbons (Fsp3) is 0.333.